The molecule has 0 bridgehead atoms. The molecule has 3 N–H and O–H groups in total. The van der Waals surface area contributed by atoms with E-state index in [2.05, 4.69) is 15.0 Å². The molecule has 2 aromatic heterocycles. The summed E-state index contributed by atoms with van der Waals surface area (Å²) in [5.41, 5.74) is 2.71. The van der Waals surface area contributed by atoms with Crippen molar-refractivity contribution in [3.63, 3.8) is 0 Å². The van der Waals surface area contributed by atoms with Crippen LogP contribution in [0.2, 0.25) is 0 Å². The number of anilines is 1. The number of aromatic nitrogens is 1. The molecule has 2 heterocycles. The van der Waals surface area contributed by atoms with Crippen LogP contribution in [0.4, 0.5) is 5.69 Å². The first kappa shape index (κ1) is 19.2. The number of carbonyl (C=O) groups excluding carboxylic acids is 1. The lowest BCUT2D eigenvalue weighted by Gasteiger charge is -2.12. The molecule has 0 spiro atoms. The van der Waals surface area contributed by atoms with Crippen molar-refractivity contribution in [1.29, 1.82) is 0 Å². The van der Waals surface area contributed by atoms with E-state index in [9.17, 15) is 13.2 Å². The van der Waals surface area contributed by atoms with Crippen LogP contribution in [0, 0.1) is 0 Å². The third-order valence-corrected chi connectivity index (χ3v) is 7.29. The molecule has 6 nitrogen and oxygen atoms in total. The standard InChI is InChI=1S/C21H19N3O3S2/c25-21(22-12-11-15-14-23-18-8-3-1-6-16(15)18)17-7-2-4-9-19(17)24-29(26,27)20-10-5-13-28-20/h1-10,13-14,23-24H,11-12H2,(H,22,25). The molecule has 29 heavy (non-hydrogen) atoms. The van der Waals surface area contributed by atoms with Gasteiger partial charge in [-0.3, -0.25) is 9.52 Å². The second-order valence-electron chi connectivity index (χ2n) is 6.45. The Morgan fingerprint density at radius 1 is 1.00 bits per heavy atom. The first-order valence-corrected chi connectivity index (χ1v) is 11.4. The van der Waals surface area contributed by atoms with Crippen LogP contribution < -0.4 is 10.0 Å². The molecular weight excluding hydrogens is 406 g/mol. The summed E-state index contributed by atoms with van der Waals surface area (Å²) >= 11 is 1.12. The summed E-state index contributed by atoms with van der Waals surface area (Å²) in [6, 6.07) is 17.8. The Hall–Kier alpha value is -3.10. The summed E-state index contributed by atoms with van der Waals surface area (Å²) < 4.78 is 27.7. The fourth-order valence-corrected chi connectivity index (χ4v) is 5.20. The van der Waals surface area contributed by atoms with Crippen LogP contribution in [-0.2, 0) is 16.4 Å². The van der Waals surface area contributed by atoms with Gasteiger partial charge in [0.15, 0.2) is 0 Å². The van der Waals surface area contributed by atoms with Crippen molar-refractivity contribution in [2.75, 3.05) is 11.3 Å². The molecule has 4 aromatic rings. The number of aromatic amines is 1. The average Bonchev–Trinajstić information content (AvgIpc) is 3.39. The molecule has 0 aliphatic heterocycles. The van der Waals surface area contributed by atoms with Gasteiger partial charge in [0, 0.05) is 23.6 Å². The van der Waals surface area contributed by atoms with Gasteiger partial charge in [-0.15, -0.1) is 11.3 Å². The summed E-state index contributed by atoms with van der Waals surface area (Å²) in [4.78, 5) is 15.9. The van der Waals surface area contributed by atoms with Crippen molar-refractivity contribution in [3.8, 4) is 0 Å². The molecule has 0 saturated carbocycles. The topological polar surface area (TPSA) is 91.1 Å². The maximum atomic E-state index is 12.7. The van der Waals surface area contributed by atoms with E-state index in [4.69, 9.17) is 0 Å². The largest absolute Gasteiger partial charge is 0.361 e. The fourth-order valence-electron chi connectivity index (χ4n) is 3.13. The van der Waals surface area contributed by atoms with Gasteiger partial charge in [-0.2, -0.15) is 0 Å². The Kier molecular flexibility index (Phi) is 5.37. The van der Waals surface area contributed by atoms with Crippen LogP contribution >= 0.6 is 11.3 Å². The van der Waals surface area contributed by atoms with Crippen LogP contribution in [0.5, 0.6) is 0 Å². The quantitative estimate of drug-likeness (QED) is 0.418. The summed E-state index contributed by atoms with van der Waals surface area (Å²) in [6.07, 6.45) is 2.61. The minimum atomic E-state index is -3.72. The second-order valence-corrected chi connectivity index (χ2v) is 9.31. The van der Waals surface area contributed by atoms with Gasteiger partial charge in [-0.1, -0.05) is 36.4 Å². The SMILES string of the molecule is O=C(NCCc1c[nH]c2ccccc12)c1ccccc1NS(=O)(=O)c1cccs1. The van der Waals surface area contributed by atoms with Gasteiger partial charge in [-0.05, 0) is 41.6 Å². The summed E-state index contributed by atoms with van der Waals surface area (Å²) in [5, 5.41) is 5.70. The van der Waals surface area contributed by atoms with Crippen LogP contribution in [0.1, 0.15) is 15.9 Å². The molecule has 0 fully saturated rings. The minimum absolute atomic E-state index is 0.201. The number of H-pyrrole nitrogens is 1. The zero-order valence-corrected chi connectivity index (χ0v) is 17.0. The molecule has 148 valence electrons. The van der Waals surface area contributed by atoms with Gasteiger partial charge < -0.3 is 10.3 Å². The maximum absolute atomic E-state index is 12.7. The number of fused-ring (bicyclic) bond motifs is 1. The van der Waals surface area contributed by atoms with E-state index >= 15 is 0 Å². The summed E-state index contributed by atoms with van der Waals surface area (Å²) in [5.74, 6) is -0.325. The Labute approximate surface area is 172 Å². The van der Waals surface area contributed by atoms with Crippen LogP contribution in [0.25, 0.3) is 10.9 Å². The molecule has 0 unspecified atom stereocenters. The normalized spacial score (nSPS) is 11.4. The lowest BCUT2D eigenvalue weighted by atomic mass is 10.1. The van der Waals surface area contributed by atoms with Crippen LogP contribution in [0.15, 0.2) is 76.4 Å². The van der Waals surface area contributed by atoms with E-state index in [1.54, 1.807) is 35.7 Å². The monoisotopic (exact) mass is 425 g/mol. The molecular formula is C21H19N3O3S2. The summed E-state index contributed by atoms with van der Waals surface area (Å²) in [7, 11) is -3.72. The Morgan fingerprint density at radius 3 is 2.62 bits per heavy atom. The van der Waals surface area contributed by atoms with E-state index in [-0.39, 0.29) is 21.4 Å². The Bertz CT molecular complexity index is 1250. The van der Waals surface area contributed by atoms with Gasteiger partial charge in [0.2, 0.25) is 0 Å². The van der Waals surface area contributed by atoms with Crippen molar-refractivity contribution >= 4 is 43.9 Å². The van der Waals surface area contributed by atoms with Crippen molar-refractivity contribution < 1.29 is 13.2 Å². The van der Waals surface area contributed by atoms with Crippen LogP contribution in [-0.4, -0.2) is 25.9 Å². The fraction of sp³-hybridized carbons (Fsp3) is 0.0952. The van der Waals surface area contributed by atoms with E-state index in [1.807, 2.05) is 30.5 Å². The number of thiophene rings is 1. The number of nitrogens with one attached hydrogen (secondary N) is 3. The van der Waals surface area contributed by atoms with E-state index < -0.39 is 10.0 Å². The first-order chi connectivity index (χ1) is 14.0. The number of rotatable bonds is 7. The number of hydrogen-bond acceptors (Lipinski definition) is 4. The second kappa shape index (κ2) is 8.10. The third kappa shape index (κ3) is 4.18. The zero-order valence-electron chi connectivity index (χ0n) is 15.4. The Balaban J connectivity index is 1.45. The molecule has 0 radical (unpaired) electrons. The maximum Gasteiger partial charge on any atom is 0.271 e. The van der Waals surface area contributed by atoms with E-state index in [0.717, 1.165) is 27.8 Å². The van der Waals surface area contributed by atoms with Crippen LogP contribution in [0.3, 0.4) is 0 Å². The van der Waals surface area contributed by atoms with Gasteiger partial charge in [-0.25, -0.2) is 8.42 Å². The number of benzene rings is 2. The predicted octanol–water partition coefficient (Wildman–Crippen LogP) is 4.00. The molecule has 2 aromatic carbocycles. The van der Waals surface area contributed by atoms with Crippen molar-refractivity contribution in [3.05, 3.63) is 83.4 Å². The van der Waals surface area contributed by atoms with Crippen molar-refractivity contribution in [1.82, 2.24) is 10.3 Å². The van der Waals surface area contributed by atoms with E-state index in [0.29, 0.717) is 13.0 Å². The Morgan fingerprint density at radius 2 is 1.79 bits per heavy atom. The predicted molar refractivity (Wildman–Crippen MR) is 116 cm³/mol. The number of para-hydroxylation sites is 2. The first-order valence-electron chi connectivity index (χ1n) is 9.03. The molecule has 8 heteroatoms. The lowest BCUT2D eigenvalue weighted by Crippen LogP contribution is -2.27. The molecule has 0 aliphatic carbocycles. The minimum Gasteiger partial charge on any atom is -0.361 e. The average molecular weight is 426 g/mol. The molecule has 0 aliphatic rings. The highest BCUT2D eigenvalue weighted by Gasteiger charge is 2.19. The molecule has 0 atom stereocenters. The summed E-state index contributed by atoms with van der Waals surface area (Å²) in [6.45, 7) is 0.437. The highest BCUT2D eigenvalue weighted by atomic mass is 32.2. The number of sulfonamides is 1. The highest BCUT2D eigenvalue weighted by Crippen LogP contribution is 2.23. The van der Waals surface area contributed by atoms with Gasteiger partial charge >= 0.3 is 0 Å². The zero-order chi connectivity index (χ0) is 20.3. The van der Waals surface area contributed by atoms with E-state index in [1.165, 1.54) is 6.07 Å². The van der Waals surface area contributed by atoms with Gasteiger partial charge in [0.25, 0.3) is 15.9 Å². The molecule has 1 amide bonds. The lowest BCUT2D eigenvalue weighted by molar-refractivity contribution is 0.0955. The van der Waals surface area contributed by atoms with Crippen molar-refractivity contribution in [2.24, 2.45) is 0 Å². The smallest absolute Gasteiger partial charge is 0.271 e. The van der Waals surface area contributed by atoms with Crippen molar-refractivity contribution in [2.45, 2.75) is 10.6 Å². The highest BCUT2D eigenvalue weighted by molar-refractivity contribution is 7.94. The van der Waals surface area contributed by atoms with Gasteiger partial charge in [0.1, 0.15) is 4.21 Å². The number of hydrogen-bond donors (Lipinski definition) is 3. The number of carbonyl (C=O) groups is 1. The molecule has 0 saturated heterocycles. The molecule has 4 rings (SSSR count). The third-order valence-electron chi connectivity index (χ3n) is 4.53. The number of amides is 1. The van der Waals surface area contributed by atoms with Gasteiger partial charge in [0.05, 0.1) is 11.3 Å².